The second kappa shape index (κ2) is 12.3. The highest BCUT2D eigenvalue weighted by atomic mass is 16.3. The average molecular weight is 348 g/mol. The number of aliphatic hydroxyl groups excluding tert-OH is 1. The van der Waals surface area contributed by atoms with Crippen LogP contribution in [0.4, 0.5) is 0 Å². The van der Waals surface area contributed by atoms with Gasteiger partial charge in [0.1, 0.15) is 0 Å². The lowest BCUT2D eigenvalue weighted by atomic mass is 10.1. The summed E-state index contributed by atoms with van der Waals surface area (Å²) in [6.45, 7) is 7.80. The fourth-order valence-electron chi connectivity index (χ4n) is 2.23. The first-order valence-corrected chi connectivity index (χ1v) is 9.11. The molecule has 1 aromatic carbocycles. The monoisotopic (exact) mass is 348 g/mol. The van der Waals surface area contributed by atoms with Crippen molar-refractivity contribution in [1.29, 1.82) is 0 Å². The van der Waals surface area contributed by atoms with Gasteiger partial charge in [-0.25, -0.2) is 0 Å². The topological polar surface area (TPSA) is 85.8 Å². The second-order valence-electron chi connectivity index (χ2n) is 6.03. The molecule has 1 aromatic rings. The third kappa shape index (κ3) is 9.10. The van der Waals surface area contributed by atoms with Crippen molar-refractivity contribution in [2.24, 2.45) is 4.99 Å². The van der Waals surface area contributed by atoms with Crippen LogP contribution in [0.25, 0.3) is 0 Å². The number of aliphatic imine (C=N–C) groups is 1. The van der Waals surface area contributed by atoms with Crippen LogP contribution in [-0.4, -0.2) is 42.6 Å². The van der Waals surface area contributed by atoms with Crippen LogP contribution in [0.1, 0.15) is 51.7 Å². The molecular formula is C19H32N4O2. The molecule has 1 rings (SSSR count). The van der Waals surface area contributed by atoms with Gasteiger partial charge in [0.15, 0.2) is 5.96 Å². The van der Waals surface area contributed by atoms with Gasteiger partial charge in [-0.15, -0.1) is 0 Å². The minimum Gasteiger partial charge on any atom is -0.388 e. The summed E-state index contributed by atoms with van der Waals surface area (Å²) in [6, 6.07) is 9.78. The molecule has 0 heterocycles. The molecule has 1 amide bonds. The van der Waals surface area contributed by atoms with Gasteiger partial charge in [0.05, 0.1) is 6.10 Å². The summed E-state index contributed by atoms with van der Waals surface area (Å²) < 4.78 is 0. The molecule has 0 aliphatic carbocycles. The fraction of sp³-hybridized carbons (Fsp3) is 0.579. The molecule has 0 saturated carbocycles. The molecule has 0 spiro atoms. The standard InChI is InChI=1S/C19H32N4O2/c1-4-15(3)23-18(25)12-14-22-19(20-5-2)21-13-11-17(24)16-9-7-6-8-10-16/h6-10,15,17,24H,4-5,11-14H2,1-3H3,(H,23,25)(H2,20,21,22). The lowest BCUT2D eigenvalue weighted by Gasteiger charge is -2.14. The molecule has 4 N–H and O–H groups in total. The van der Waals surface area contributed by atoms with E-state index in [0.717, 1.165) is 18.5 Å². The van der Waals surface area contributed by atoms with E-state index in [-0.39, 0.29) is 11.9 Å². The maximum Gasteiger partial charge on any atom is 0.221 e. The first-order valence-electron chi connectivity index (χ1n) is 9.11. The van der Waals surface area contributed by atoms with E-state index in [1.165, 1.54) is 0 Å². The maximum absolute atomic E-state index is 11.8. The Hall–Kier alpha value is -2.08. The Morgan fingerprint density at radius 1 is 1.20 bits per heavy atom. The number of rotatable bonds is 10. The molecule has 6 nitrogen and oxygen atoms in total. The maximum atomic E-state index is 11.8. The van der Waals surface area contributed by atoms with Gasteiger partial charge in [0.25, 0.3) is 0 Å². The Labute approximate surface area is 151 Å². The average Bonchev–Trinajstić information content (AvgIpc) is 2.62. The zero-order valence-electron chi connectivity index (χ0n) is 15.6. The van der Waals surface area contributed by atoms with Crippen LogP contribution in [0.2, 0.25) is 0 Å². The largest absolute Gasteiger partial charge is 0.388 e. The van der Waals surface area contributed by atoms with Gasteiger partial charge in [-0.3, -0.25) is 9.79 Å². The summed E-state index contributed by atoms with van der Waals surface area (Å²) in [6.07, 6.45) is 1.36. The molecule has 25 heavy (non-hydrogen) atoms. The van der Waals surface area contributed by atoms with Gasteiger partial charge in [0.2, 0.25) is 5.91 Å². The molecule has 0 saturated heterocycles. The fourth-order valence-corrected chi connectivity index (χ4v) is 2.23. The Morgan fingerprint density at radius 3 is 2.56 bits per heavy atom. The molecule has 0 fully saturated rings. The lowest BCUT2D eigenvalue weighted by molar-refractivity contribution is -0.121. The predicted molar refractivity (Wildman–Crippen MR) is 103 cm³/mol. The second-order valence-corrected chi connectivity index (χ2v) is 6.03. The quantitative estimate of drug-likeness (QED) is 0.385. The van der Waals surface area contributed by atoms with Gasteiger partial charge in [-0.05, 0) is 32.3 Å². The Bertz CT molecular complexity index is 519. The van der Waals surface area contributed by atoms with Crippen LogP contribution in [0.3, 0.4) is 0 Å². The van der Waals surface area contributed by atoms with Gasteiger partial charge in [0, 0.05) is 32.1 Å². The van der Waals surface area contributed by atoms with E-state index in [9.17, 15) is 9.90 Å². The predicted octanol–water partition coefficient (Wildman–Crippen LogP) is 1.97. The first kappa shape index (κ1) is 21.0. The van der Waals surface area contributed by atoms with E-state index >= 15 is 0 Å². The molecule has 2 unspecified atom stereocenters. The zero-order chi connectivity index (χ0) is 18.5. The number of nitrogens with zero attached hydrogens (tertiary/aromatic N) is 1. The molecule has 0 aliphatic heterocycles. The highest BCUT2D eigenvalue weighted by Gasteiger charge is 2.07. The SMILES string of the molecule is CCNC(=NCCC(O)c1ccccc1)NCCC(=O)NC(C)CC. The lowest BCUT2D eigenvalue weighted by Crippen LogP contribution is -2.40. The first-order chi connectivity index (χ1) is 12.1. The molecule has 2 atom stereocenters. The van der Waals surface area contributed by atoms with E-state index in [1.807, 2.05) is 51.1 Å². The van der Waals surface area contributed by atoms with Crippen molar-refractivity contribution < 1.29 is 9.90 Å². The minimum atomic E-state index is -0.519. The molecule has 0 aromatic heterocycles. The number of amides is 1. The number of benzene rings is 1. The smallest absolute Gasteiger partial charge is 0.221 e. The number of carbonyl (C=O) groups excluding carboxylic acids is 1. The third-order valence-electron chi connectivity index (χ3n) is 3.87. The highest BCUT2D eigenvalue weighted by molar-refractivity contribution is 5.81. The highest BCUT2D eigenvalue weighted by Crippen LogP contribution is 2.15. The van der Waals surface area contributed by atoms with Crippen LogP contribution in [-0.2, 0) is 4.79 Å². The van der Waals surface area contributed by atoms with Gasteiger partial charge in [-0.2, -0.15) is 0 Å². The normalized spacial score (nSPS) is 13.8. The summed E-state index contributed by atoms with van der Waals surface area (Å²) in [5, 5.41) is 19.4. The van der Waals surface area contributed by atoms with Crippen molar-refractivity contribution in [1.82, 2.24) is 16.0 Å². The van der Waals surface area contributed by atoms with Gasteiger partial charge < -0.3 is 21.1 Å². The van der Waals surface area contributed by atoms with Crippen LogP contribution < -0.4 is 16.0 Å². The van der Waals surface area contributed by atoms with Gasteiger partial charge >= 0.3 is 0 Å². The van der Waals surface area contributed by atoms with Crippen LogP contribution in [0.5, 0.6) is 0 Å². The van der Waals surface area contributed by atoms with Crippen molar-refractivity contribution in [3.05, 3.63) is 35.9 Å². The van der Waals surface area contributed by atoms with Crippen molar-refractivity contribution >= 4 is 11.9 Å². The number of hydrogen-bond donors (Lipinski definition) is 4. The van der Waals surface area contributed by atoms with Crippen LogP contribution in [0, 0.1) is 0 Å². The molecule has 0 aliphatic rings. The summed E-state index contributed by atoms with van der Waals surface area (Å²) in [5.74, 6) is 0.705. The molecular weight excluding hydrogens is 316 g/mol. The van der Waals surface area contributed by atoms with E-state index in [1.54, 1.807) is 0 Å². The van der Waals surface area contributed by atoms with Crippen molar-refractivity contribution in [2.75, 3.05) is 19.6 Å². The molecule has 0 bridgehead atoms. The van der Waals surface area contributed by atoms with Crippen molar-refractivity contribution in [3.63, 3.8) is 0 Å². The minimum absolute atomic E-state index is 0.0391. The number of hydrogen-bond acceptors (Lipinski definition) is 3. The Morgan fingerprint density at radius 2 is 1.92 bits per heavy atom. The van der Waals surface area contributed by atoms with E-state index < -0.39 is 6.10 Å². The summed E-state index contributed by atoms with van der Waals surface area (Å²) >= 11 is 0. The molecule has 0 radical (unpaired) electrons. The molecule has 6 heteroatoms. The van der Waals surface area contributed by atoms with E-state index in [0.29, 0.717) is 31.9 Å². The number of aliphatic hydroxyl groups is 1. The zero-order valence-corrected chi connectivity index (χ0v) is 15.6. The number of guanidine groups is 1. The Balaban J connectivity index is 2.37. The van der Waals surface area contributed by atoms with E-state index in [4.69, 9.17) is 0 Å². The van der Waals surface area contributed by atoms with Crippen molar-refractivity contribution in [2.45, 2.75) is 52.2 Å². The van der Waals surface area contributed by atoms with E-state index in [2.05, 4.69) is 20.9 Å². The number of nitrogens with one attached hydrogen (secondary N) is 3. The summed E-state index contributed by atoms with van der Waals surface area (Å²) in [5.41, 5.74) is 0.900. The summed E-state index contributed by atoms with van der Waals surface area (Å²) in [7, 11) is 0. The molecule has 140 valence electrons. The van der Waals surface area contributed by atoms with Gasteiger partial charge in [-0.1, -0.05) is 37.3 Å². The van der Waals surface area contributed by atoms with Crippen molar-refractivity contribution in [3.8, 4) is 0 Å². The van der Waals surface area contributed by atoms with Crippen LogP contribution >= 0.6 is 0 Å². The number of carbonyl (C=O) groups is 1. The van der Waals surface area contributed by atoms with Crippen LogP contribution in [0.15, 0.2) is 35.3 Å². The summed E-state index contributed by atoms with van der Waals surface area (Å²) in [4.78, 5) is 16.2. The third-order valence-corrected chi connectivity index (χ3v) is 3.87. The Kier molecular flexibility index (Phi) is 10.3.